The number of hydrogen-bond acceptors (Lipinski definition) is 4. The van der Waals surface area contributed by atoms with Crippen LogP contribution in [0.3, 0.4) is 0 Å². The van der Waals surface area contributed by atoms with Crippen molar-refractivity contribution in [1.29, 1.82) is 0 Å². The minimum absolute atomic E-state index is 0.0634. The topological polar surface area (TPSA) is 70.5 Å². The molecular weight excluding hydrogens is 366 g/mol. The van der Waals surface area contributed by atoms with E-state index in [2.05, 4.69) is 46.5 Å². The zero-order chi connectivity index (χ0) is 20.8. The Morgan fingerprint density at radius 3 is 2.62 bits per heavy atom. The lowest BCUT2D eigenvalue weighted by Gasteiger charge is -2.33. The van der Waals surface area contributed by atoms with Crippen LogP contribution in [0.25, 0.3) is 0 Å². The molecule has 1 aromatic heterocycles. The molecule has 0 bridgehead atoms. The van der Waals surface area contributed by atoms with Crippen LogP contribution in [-0.4, -0.2) is 64.1 Å². The van der Waals surface area contributed by atoms with Crippen LogP contribution in [0.5, 0.6) is 0 Å². The van der Waals surface area contributed by atoms with E-state index in [1.54, 1.807) is 37.1 Å². The molecule has 1 atom stereocenters. The summed E-state index contributed by atoms with van der Waals surface area (Å²) in [7, 11) is 1.66. The summed E-state index contributed by atoms with van der Waals surface area (Å²) in [5.41, 5.74) is 2.68. The lowest BCUT2D eigenvalue weighted by Crippen LogP contribution is -2.48. The van der Waals surface area contributed by atoms with Crippen LogP contribution in [-0.2, 0) is 16.1 Å². The molecule has 2 aromatic rings. The smallest absolute Gasteiger partial charge is 0.247 e. The van der Waals surface area contributed by atoms with E-state index in [0.29, 0.717) is 0 Å². The van der Waals surface area contributed by atoms with Gasteiger partial charge >= 0.3 is 0 Å². The molecule has 1 saturated heterocycles. The van der Waals surface area contributed by atoms with Gasteiger partial charge in [0.1, 0.15) is 6.04 Å². The number of amides is 2. The first kappa shape index (κ1) is 21.0. The maximum atomic E-state index is 12.5. The molecule has 0 aliphatic carbocycles. The van der Waals surface area contributed by atoms with Crippen LogP contribution in [0.15, 0.2) is 42.7 Å². The minimum atomic E-state index is -0.424. The zero-order valence-electron chi connectivity index (χ0n) is 17.5. The van der Waals surface area contributed by atoms with E-state index in [1.165, 1.54) is 16.0 Å². The third-order valence-electron chi connectivity index (χ3n) is 5.64. The third-order valence-corrected chi connectivity index (χ3v) is 5.64. The number of aryl methyl sites for hydroxylation is 1. The van der Waals surface area contributed by atoms with E-state index < -0.39 is 6.04 Å². The summed E-state index contributed by atoms with van der Waals surface area (Å²) in [5.74, 6) is -0.234. The van der Waals surface area contributed by atoms with Crippen molar-refractivity contribution < 1.29 is 9.59 Å². The van der Waals surface area contributed by atoms with Crippen molar-refractivity contribution in [3.63, 3.8) is 0 Å². The maximum absolute atomic E-state index is 12.5. The number of piperidine rings is 1. The number of likely N-dealkylation sites (tertiary alicyclic amines) is 1. The van der Waals surface area contributed by atoms with E-state index in [9.17, 15) is 9.59 Å². The first-order valence-corrected chi connectivity index (χ1v) is 10.2. The van der Waals surface area contributed by atoms with E-state index >= 15 is 0 Å². The van der Waals surface area contributed by atoms with Gasteiger partial charge in [-0.3, -0.25) is 19.2 Å². The van der Waals surface area contributed by atoms with Crippen molar-refractivity contribution in [2.45, 2.75) is 45.3 Å². The van der Waals surface area contributed by atoms with E-state index in [0.717, 1.165) is 32.5 Å². The van der Waals surface area contributed by atoms with Crippen LogP contribution in [0.4, 0.5) is 0 Å². The van der Waals surface area contributed by atoms with Gasteiger partial charge in [-0.15, -0.1) is 0 Å². The van der Waals surface area contributed by atoms with E-state index in [1.807, 2.05) is 0 Å². The van der Waals surface area contributed by atoms with Crippen molar-refractivity contribution in [1.82, 2.24) is 24.9 Å². The largest absolute Gasteiger partial charge is 0.352 e. The van der Waals surface area contributed by atoms with Crippen LogP contribution in [0.2, 0.25) is 0 Å². The summed E-state index contributed by atoms with van der Waals surface area (Å²) in [4.78, 5) is 28.8. The molecule has 156 valence electrons. The quantitative estimate of drug-likeness (QED) is 0.776. The van der Waals surface area contributed by atoms with Gasteiger partial charge in [0.2, 0.25) is 11.8 Å². The number of rotatable bonds is 7. The molecule has 1 aromatic carbocycles. The Labute approximate surface area is 172 Å². The maximum Gasteiger partial charge on any atom is 0.247 e. The van der Waals surface area contributed by atoms with Gasteiger partial charge in [-0.1, -0.05) is 24.3 Å². The molecule has 1 fully saturated rings. The number of carbonyl (C=O) groups excluding carboxylic acids is 2. The average molecular weight is 398 g/mol. The standard InChI is InChI=1S/C22H31N5O2/c1-17-7-4-5-8-19(17)15-26-13-9-20(10-14-26)24-21(28)16-25(3)22(29)18(2)27-12-6-11-23-27/h4-8,11-12,18,20H,9-10,13-16H2,1-3H3,(H,24,28). The molecule has 3 rings (SSSR count). The molecule has 0 spiro atoms. The number of hydrogen-bond donors (Lipinski definition) is 1. The molecule has 29 heavy (non-hydrogen) atoms. The first-order valence-electron chi connectivity index (χ1n) is 10.2. The summed E-state index contributed by atoms with van der Waals surface area (Å²) in [6.07, 6.45) is 5.25. The fourth-order valence-electron chi connectivity index (χ4n) is 3.77. The summed E-state index contributed by atoms with van der Waals surface area (Å²) in [5, 5.41) is 7.19. The second kappa shape index (κ2) is 9.69. The number of nitrogens with one attached hydrogen (secondary N) is 1. The lowest BCUT2D eigenvalue weighted by atomic mass is 10.0. The molecule has 0 saturated carbocycles. The molecule has 2 heterocycles. The Hall–Kier alpha value is -2.67. The molecule has 7 heteroatoms. The van der Waals surface area contributed by atoms with E-state index in [4.69, 9.17) is 0 Å². The molecule has 2 amide bonds. The van der Waals surface area contributed by atoms with Crippen LogP contribution < -0.4 is 5.32 Å². The normalized spacial score (nSPS) is 16.4. The number of likely N-dealkylation sites (N-methyl/N-ethyl adjacent to an activating group) is 1. The average Bonchev–Trinajstić information content (AvgIpc) is 3.25. The molecular formula is C22H31N5O2. The van der Waals surface area contributed by atoms with Crippen molar-refractivity contribution in [3.05, 3.63) is 53.9 Å². The van der Waals surface area contributed by atoms with Crippen LogP contribution in [0.1, 0.15) is 36.9 Å². The Bertz CT molecular complexity index is 812. The molecule has 1 N–H and O–H groups in total. The molecule has 0 radical (unpaired) electrons. The summed E-state index contributed by atoms with van der Waals surface area (Å²) < 4.78 is 1.60. The van der Waals surface area contributed by atoms with Crippen LogP contribution >= 0.6 is 0 Å². The lowest BCUT2D eigenvalue weighted by molar-refractivity contribution is -0.137. The van der Waals surface area contributed by atoms with Gasteiger partial charge in [0, 0.05) is 45.1 Å². The highest BCUT2D eigenvalue weighted by atomic mass is 16.2. The molecule has 1 aliphatic heterocycles. The fraction of sp³-hybridized carbons (Fsp3) is 0.500. The van der Waals surface area contributed by atoms with Gasteiger partial charge in [-0.05, 0) is 43.9 Å². The highest BCUT2D eigenvalue weighted by molar-refractivity contribution is 5.86. The van der Waals surface area contributed by atoms with Gasteiger partial charge in [-0.25, -0.2) is 0 Å². The number of carbonyl (C=O) groups is 2. The highest BCUT2D eigenvalue weighted by Gasteiger charge is 2.24. The Morgan fingerprint density at radius 1 is 1.24 bits per heavy atom. The molecule has 7 nitrogen and oxygen atoms in total. The summed E-state index contributed by atoms with van der Waals surface area (Å²) in [6, 6.07) is 10.0. The zero-order valence-corrected chi connectivity index (χ0v) is 17.5. The summed E-state index contributed by atoms with van der Waals surface area (Å²) in [6.45, 7) is 6.87. The minimum Gasteiger partial charge on any atom is -0.352 e. The number of aromatic nitrogens is 2. The van der Waals surface area contributed by atoms with E-state index in [-0.39, 0.29) is 24.4 Å². The first-order chi connectivity index (χ1) is 13.9. The van der Waals surface area contributed by atoms with Crippen molar-refractivity contribution >= 4 is 11.8 Å². The van der Waals surface area contributed by atoms with Gasteiger partial charge in [0.15, 0.2) is 0 Å². The van der Waals surface area contributed by atoms with Gasteiger partial charge in [-0.2, -0.15) is 5.10 Å². The monoisotopic (exact) mass is 397 g/mol. The molecule has 1 unspecified atom stereocenters. The second-order valence-electron chi connectivity index (χ2n) is 7.90. The summed E-state index contributed by atoms with van der Waals surface area (Å²) >= 11 is 0. The third kappa shape index (κ3) is 5.67. The second-order valence-corrected chi connectivity index (χ2v) is 7.90. The highest BCUT2D eigenvalue weighted by Crippen LogP contribution is 2.16. The fourth-order valence-corrected chi connectivity index (χ4v) is 3.77. The Balaban J connectivity index is 1.41. The molecule has 1 aliphatic rings. The van der Waals surface area contributed by atoms with Crippen LogP contribution in [0, 0.1) is 6.92 Å². The predicted octanol–water partition coefficient (Wildman–Crippen LogP) is 1.99. The van der Waals surface area contributed by atoms with Crippen molar-refractivity contribution in [3.8, 4) is 0 Å². The SMILES string of the molecule is Cc1ccccc1CN1CCC(NC(=O)CN(C)C(=O)C(C)n2cccn2)CC1. The van der Waals surface area contributed by atoms with Crippen molar-refractivity contribution in [2.24, 2.45) is 0 Å². The van der Waals surface area contributed by atoms with Gasteiger partial charge in [0.05, 0.1) is 6.54 Å². The van der Waals surface area contributed by atoms with Crippen molar-refractivity contribution in [2.75, 3.05) is 26.7 Å². The Morgan fingerprint density at radius 2 is 1.97 bits per heavy atom. The number of benzene rings is 1. The predicted molar refractivity (Wildman–Crippen MR) is 112 cm³/mol. The van der Waals surface area contributed by atoms with Gasteiger partial charge < -0.3 is 10.2 Å². The number of nitrogens with zero attached hydrogens (tertiary/aromatic N) is 4. The van der Waals surface area contributed by atoms with Gasteiger partial charge in [0.25, 0.3) is 0 Å². The Kier molecular flexibility index (Phi) is 7.04.